The number of rotatable bonds is 7. The third-order valence-corrected chi connectivity index (χ3v) is 3.33. The minimum atomic E-state index is -0.820. The Kier molecular flexibility index (Phi) is 4.93. The highest BCUT2D eigenvalue weighted by atomic mass is 16.4. The zero-order valence-electron chi connectivity index (χ0n) is 10.8. The van der Waals surface area contributed by atoms with E-state index in [4.69, 9.17) is 5.11 Å². The summed E-state index contributed by atoms with van der Waals surface area (Å²) in [5.41, 5.74) is 0. The highest BCUT2D eigenvalue weighted by molar-refractivity contribution is 5.78. The molecule has 0 aromatic heterocycles. The number of hydrogen-bond acceptors (Lipinski definition) is 3. The average molecular weight is 242 g/mol. The highest BCUT2D eigenvalue weighted by Crippen LogP contribution is 2.25. The number of aliphatic carboxylic acids is 1. The smallest absolute Gasteiger partial charge is 0.304 e. The lowest BCUT2D eigenvalue weighted by molar-refractivity contribution is -0.139. The SMILES string of the molecule is CCN(CC(=O)N(C)C1CC1)C(C)CC(=O)O. The molecule has 5 nitrogen and oxygen atoms in total. The van der Waals surface area contributed by atoms with Crippen molar-refractivity contribution in [1.29, 1.82) is 0 Å². The van der Waals surface area contributed by atoms with Crippen LogP contribution in [0, 0.1) is 0 Å². The van der Waals surface area contributed by atoms with Gasteiger partial charge in [0.25, 0.3) is 0 Å². The van der Waals surface area contributed by atoms with Crippen molar-refractivity contribution >= 4 is 11.9 Å². The molecule has 0 radical (unpaired) electrons. The summed E-state index contributed by atoms with van der Waals surface area (Å²) in [4.78, 5) is 26.3. The molecule has 1 amide bonds. The van der Waals surface area contributed by atoms with Gasteiger partial charge < -0.3 is 10.0 Å². The van der Waals surface area contributed by atoms with Crippen LogP contribution in [0.25, 0.3) is 0 Å². The van der Waals surface area contributed by atoms with E-state index in [9.17, 15) is 9.59 Å². The first-order valence-corrected chi connectivity index (χ1v) is 6.17. The third-order valence-electron chi connectivity index (χ3n) is 3.33. The van der Waals surface area contributed by atoms with Crippen LogP contribution in [0.2, 0.25) is 0 Å². The summed E-state index contributed by atoms with van der Waals surface area (Å²) in [6.07, 6.45) is 2.27. The summed E-state index contributed by atoms with van der Waals surface area (Å²) < 4.78 is 0. The van der Waals surface area contributed by atoms with Crippen LogP contribution < -0.4 is 0 Å². The average Bonchev–Trinajstić information content (AvgIpc) is 3.06. The van der Waals surface area contributed by atoms with Crippen molar-refractivity contribution in [2.45, 2.75) is 45.2 Å². The van der Waals surface area contributed by atoms with Crippen molar-refractivity contribution in [3.63, 3.8) is 0 Å². The fourth-order valence-corrected chi connectivity index (χ4v) is 1.91. The van der Waals surface area contributed by atoms with Crippen LogP contribution >= 0.6 is 0 Å². The number of likely N-dealkylation sites (N-methyl/N-ethyl adjacent to an activating group) is 2. The van der Waals surface area contributed by atoms with Crippen LogP contribution in [-0.2, 0) is 9.59 Å². The van der Waals surface area contributed by atoms with Crippen molar-refractivity contribution in [3.8, 4) is 0 Å². The van der Waals surface area contributed by atoms with Gasteiger partial charge in [0.2, 0.25) is 5.91 Å². The van der Waals surface area contributed by atoms with E-state index in [1.54, 1.807) is 4.90 Å². The van der Waals surface area contributed by atoms with E-state index in [-0.39, 0.29) is 18.4 Å². The van der Waals surface area contributed by atoms with Crippen molar-refractivity contribution in [1.82, 2.24) is 9.80 Å². The molecule has 5 heteroatoms. The van der Waals surface area contributed by atoms with Gasteiger partial charge in [-0.2, -0.15) is 0 Å². The maximum atomic E-state index is 11.9. The molecule has 1 rings (SSSR count). The topological polar surface area (TPSA) is 60.9 Å². The minimum Gasteiger partial charge on any atom is -0.481 e. The number of carbonyl (C=O) groups excluding carboxylic acids is 1. The lowest BCUT2D eigenvalue weighted by Gasteiger charge is -2.28. The quantitative estimate of drug-likeness (QED) is 0.717. The molecule has 1 unspecified atom stereocenters. The fourth-order valence-electron chi connectivity index (χ4n) is 1.91. The molecule has 1 aliphatic rings. The lowest BCUT2D eigenvalue weighted by Crippen LogP contribution is -2.43. The molecular weight excluding hydrogens is 220 g/mol. The second kappa shape index (κ2) is 6.00. The predicted molar refractivity (Wildman–Crippen MR) is 64.8 cm³/mol. The molecule has 1 saturated carbocycles. The molecule has 0 saturated heterocycles. The summed E-state index contributed by atoms with van der Waals surface area (Å²) in [6, 6.07) is 0.310. The first-order valence-electron chi connectivity index (χ1n) is 6.17. The first kappa shape index (κ1) is 14.0. The zero-order chi connectivity index (χ0) is 13.0. The number of hydrogen-bond donors (Lipinski definition) is 1. The molecule has 17 heavy (non-hydrogen) atoms. The number of carboxylic acids is 1. The Bertz CT molecular complexity index is 289. The lowest BCUT2D eigenvalue weighted by atomic mass is 10.2. The molecule has 0 aliphatic heterocycles. The minimum absolute atomic E-state index is 0.0776. The molecule has 0 aromatic rings. The van der Waals surface area contributed by atoms with Crippen molar-refractivity contribution in [3.05, 3.63) is 0 Å². The summed E-state index contributed by atoms with van der Waals surface area (Å²) in [5, 5.41) is 8.75. The van der Waals surface area contributed by atoms with Crippen LogP contribution in [0.15, 0.2) is 0 Å². The normalized spacial score (nSPS) is 16.9. The molecule has 0 heterocycles. The van der Waals surface area contributed by atoms with Gasteiger partial charge in [-0.25, -0.2) is 0 Å². The maximum Gasteiger partial charge on any atom is 0.304 e. The number of nitrogens with zero attached hydrogens (tertiary/aromatic N) is 2. The maximum absolute atomic E-state index is 11.9. The Hall–Kier alpha value is -1.10. The van der Waals surface area contributed by atoms with Crippen LogP contribution in [0.1, 0.15) is 33.1 Å². The van der Waals surface area contributed by atoms with Gasteiger partial charge in [-0.3, -0.25) is 14.5 Å². The molecule has 1 aliphatic carbocycles. The summed E-state index contributed by atoms with van der Waals surface area (Å²) >= 11 is 0. The highest BCUT2D eigenvalue weighted by Gasteiger charge is 2.30. The molecule has 98 valence electrons. The van der Waals surface area contributed by atoms with E-state index in [0.717, 1.165) is 12.8 Å². The van der Waals surface area contributed by atoms with Crippen molar-refractivity contribution in [2.75, 3.05) is 20.1 Å². The molecule has 0 aromatic carbocycles. The number of amides is 1. The number of carbonyl (C=O) groups is 2. The van der Waals surface area contributed by atoms with Gasteiger partial charge in [-0.15, -0.1) is 0 Å². The van der Waals surface area contributed by atoms with Gasteiger partial charge in [-0.05, 0) is 26.3 Å². The fraction of sp³-hybridized carbons (Fsp3) is 0.833. The molecule has 1 N–H and O–H groups in total. The Morgan fingerprint density at radius 1 is 1.41 bits per heavy atom. The molecular formula is C12H22N2O3. The molecule has 1 fully saturated rings. The Labute approximate surface area is 102 Å². The van der Waals surface area contributed by atoms with Crippen molar-refractivity contribution < 1.29 is 14.7 Å². The van der Waals surface area contributed by atoms with Gasteiger partial charge in [0.05, 0.1) is 13.0 Å². The van der Waals surface area contributed by atoms with E-state index < -0.39 is 5.97 Å². The molecule has 1 atom stereocenters. The van der Waals surface area contributed by atoms with E-state index >= 15 is 0 Å². The van der Waals surface area contributed by atoms with Crippen LogP contribution in [0.4, 0.5) is 0 Å². The van der Waals surface area contributed by atoms with Gasteiger partial charge in [0, 0.05) is 19.1 Å². The Balaban J connectivity index is 2.44. The van der Waals surface area contributed by atoms with Gasteiger partial charge in [0.1, 0.15) is 0 Å². The van der Waals surface area contributed by atoms with E-state index in [2.05, 4.69) is 0 Å². The van der Waals surface area contributed by atoms with Crippen LogP contribution in [0.5, 0.6) is 0 Å². The second-order valence-corrected chi connectivity index (χ2v) is 4.75. The Morgan fingerprint density at radius 3 is 2.41 bits per heavy atom. The number of carboxylic acid groups (broad SMARTS) is 1. The third kappa shape index (κ3) is 4.34. The molecule has 0 spiro atoms. The molecule has 0 bridgehead atoms. The zero-order valence-corrected chi connectivity index (χ0v) is 10.8. The monoisotopic (exact) mass is 242 g/mol. The van der Waals surface area contributed by atoms with Gasteiger partial charge in [-0.1, -0.05) is 6.92 Å². The van der Waals surface area contributed by atoms with Gasteiger partial charge >= 0.3 is 5.97 Å². The Morgan fingerprint density at radius 2 is 2.00 bits per heavy atom. The van der Waals surface area contributed by atoms with Crippen molar-refractivity contribution in [2.24, 2.45) is 0 Å². The summed E-state index contributed by atoms with van der Waals surface area (Å²) in [7, 11) is 1.83. The summed E-state index contributed by atoms with van der Waals surface area (Å²) in [6.45, 7) is 4.81. The second-order valence-electron chi connectivity index (χ2n) is 4.75. The summed E-state index contributed by atoms with van der Waals surface area (Å²) in [5.74, 6) is -0.731. The largest absolute Gasteiger partial charge is 0.481 e. The van der Waals surface area contributed by atoms with E-state index in [1.807, 2.05) is 25.8 Å². The van der Waals surface area contributed by atoms with Gasteiger partial charge in [0.15, 0.2) is 0 Å². The predicted octanol–water partition coefficient (Wildman–Crippen LogP) is 0.792. The van der Waals surface area contributed by atoms with Crippen LogP contribution in [0.3, 0.4) is 0 Å². The van der Waals surface area contributed by atoms with E-state index in [0.29, 0.717) is 19.1 Å². The standard InChI is InChI=1S/C12H22N2O3/c1-4-14(9(2)7-12(16)17)8-11(15)13(3)10-5-6-10/h9-10H,4-8H2,1-3H3,(H,16,17). The first-order chi connectivity index (χ1) is 7.95. The van der Waals surface area contributed by atoms with E-state index in [1.165, 1.54) is 0 Å². The van der Waals surface area contributed by atoms with Crippen LogP contribution in [-0.4, -0.2) is 59.0 Å².